The summed E-state index contributed by atoms with van der Waals surface area (Å²) in [5.41, 5.74) is 1.09. The number of aryl methyl sites for hydroxylation is 1. The third-order valence-electron chi connectivity index (χ3n) is 3.66. The third-order valence-corrected chi connectivity index (χ3v) is 4.50. The van der Waals surface area contributed by atoms with Crippen molar-refractivity contribution in [2.24, 2.45) is 0 Å². The average Bonchev–Trinajstić information content (AvgIpc) is 3.12. The molecular formula is C19H14BrN3O4. The number of nitrogens with one attached hydrogen (secondary N) is 1. The highest BCUT2D eigenvalue weighted by Gasteiger charge is 2.16. The molecule has 0 aliphatic carbocycles. The number of hydrogen-bond acceptors (Lipinski definition) is 5. The zero-order valence-corrected chi connectivity index (χ0v) is 15.8. The maximum absolute atomic E-state index is 12.0. The summed E-state index contributed by atoms with van der Waals surface area (Å²) in [6.45, 7) is 1.82. The van der Waals surface area contributed by atoms with Gasteiger partial charge in [-0.25, -0.2) is 4.98 Å². The first-order chi connectivity index (χ1) is 12.9. The lowest BCUT2D eigenvalue weighted by Crippen LogP contribution is -2.09. The maximum Gasteiger partial charge on any atom is 0.280 e. The molecule has 1 N–H and O–H groups in total. The molecule has 8 heteroatoms. The van der Waals surface area contributed by atoms with Crippen LogP contribution < -0.4 is 5.32 Å². The minimum Gasteiger partial charge on any atom is -0.456 e. The van der Waals surface area contributed by atoms with E-state index in [1.54, 1.807) is 42.5 Å². The fraction of sp³-hybridized carbons (Fsp3) is 0.0526. The first kappa shape index (κ1) is 18.5. The zero-order chi connectivity index (χ0) is 19.4. The number of amides is 1. The van der Waals surface area contributed by atoms with Gasteiger partial charge in [-0.2, -0.15) is 0 Å². The molecule has 3 aromatic rings. The molecule has 0 unspecified atom stereocenters. The van der Waals surface area contributed by atoms with Gasteiger partial charge in [-0.15, -0.1) is 0 Å². The molecule has 2 aromatic heterocycles. The van der Waals surface area contributed by atoms with Crippen LogP contribution in [0.25, 0.3) is 17.4 Å². The fourth-order valence-electron chi connectivity index (χ4n) is 2.37. The number of anilines is 1. The quantitative estimate of drug-likeness (QED) is 0.351. The summed E-state index contributed by atoms with van der Waals surface area (Å²) in [5.74, 6) is 0.823. The van der Waals surface area contributed by atoms with Gasteiger partial charge in [0.25, 0.3) is 5.69 Å². The van der Waals surface area contributed by atoms with E-state index in [0.717, 1.165) is 10.2 Å². The van der Waals surface area contributed by atoms with Crippen LogP contribution in [-0.2, 0) is 4.79 Å². The summed E-state index contributed by atoms with van der Waals surface area (Å²) in [4.78, 5) is 26.9. The van der Waals surface area contributed by atoms with Gasteiger partial charge in [0.1, 0.15) is 17.3 Å². The second kappa shape index (κ2) is 7.96. The van der Waals surface area contributed by atoms with Crippen LogP contribution in [0.5, 0.6) is 0 Å². The number of benzene rings is 1. The van der Waals surface area contributed by atoms with Crippen LogP contribution in [0.3, 0.4) is 0 Å². The van der Waals surface area contributed by atoms with E-state index in [2.05, 4.69) is 26.2 Å². The molecule has 27 heavy (non-hydrogen) atoms. The van der Waals surface area contributed by atoms with Crippen LogP contribution in [0.4, 0.5) is 11.5 Å². The summed E-state index contributed by atoms with van der Waals surface area (Å²) < 4.78 is 6.46. The molecule has 0 saturated carbocycles. The van der Waals surface area contributed by atoms with E-state index in [9.17, 15) is 14.9 Å². The number of rotatable bonds is 5. The number of nitro groups is 1. The minimum absolute atomic E-state index is 0.0446. The van der Waals surface area contributed by atoms with Crippen LogP contribution in [0.1, 0.15) is 11.5 Å². The first-order valence-electron chi connectivity index (χ1n) is 7.90. The number of nitro benzene ring substituents is 1. The molecule has 0 aliphatic rings. The number of carbonyl (C=O) groups excluding carboxylic acids is 1. The molecule has 0 spiro atoms. The summed E-state index contributed by atoms with van der Waals surface area (Å²) in [6, 6.07) is 13.0. The van der Waals surface area contributed by atoms with Gasteiger partial charge in [0, 0.05) is 16.6 Å². The van der Waals surface area contributed by atoms with Crippen molar-refractivity contribution >= 4 is 39.4 Å². The van der Waals surface area contributed by atoms with Crippen molar-refractivity contribution in [1.82, 2.24) is 4.98 Å². The molecule has 0 aliphatic heterocycles. The third kappa shape index (κ3) is 4.48. The Morgan fingerprint density at radius 2 is 2.00 bits per heavy atom. The van der Waals surface area contributed by atoms with Gasteiger partial charge in [0.15, 0.2) is 0 Å². The molecular weight excluding hydrogens is 414 g/mol. The van der Waals surface area contributed by atoms with Gasteiger partial charge in [0.05, 0.1) is 16.2 Å². The number of furan rings is 1. The summed E-state index contributed by atoms with van der Waals surface area (Å²) in [5, 5.41) is 13.8. The molecule has 7 nitrogen and oxygen atoms in total. The lowest BCUT2D eigenvalue weighted by atomic mass is 10.1. The molecule has 0 bridgehead atoms. The van der Waals surface area contributed by atoms with Gasteiger partial charge >= 0.3 is 0 Å². The lowest BCUT2D eigenvalue weighted by Gasteiger charge is -2.03. The van der Waals surface area contributed by atoms with Crippen molar-refractivity contribution in [3.63, 3.8) is 0 Å². The highest BCUT2D eigenvalue weighted by Crippen LogP contribution is 2.31. The molecule has 2 heterocycles. The van der Waals surface area contributed by atoms with Crippen molar-refractivity contribution in [3.05, 3.63) is 80.6 Å². The van der Waals surface area contributed by atoms with Crippen molar-refractivity contribution in [1.29, 1.82) is 0 Å². The van der Waals surface area contributed by atoms with Gasteiger partial charge in [-0.05, 0) is 59.3 Å². The van der Waals surface area contributed by atoms with E-state index < -0.39 is 4.92 Å². The Hall–Kier alpha value is -3.26. The van der Waals surface area contributed by atoms with E-state index in [1.165, 1.54) is 18.2 Å². The Kier molecular flexibility index (Phi) is 5.46. The standard InChI is InChI=1S/C19H14BrN3O4/c1-12-15(20)8-10-18(21-12)22-19(24)11-7-13-6-9-17(27-13)14-4-2-3-5-16(14)23(25)26/h2-11H,1H3,(H,21,22,24)/b11-7+. The average molecular weight is 428 g/mol. The Balaban J connectivity index is 1.73. The van der Waals surface area contributed by atoms with Gasteiger partial charge < -0.3 is 9.73 Å². The SMILES string of the molecule is Cc1nc(NC(=O)/C=C/c2ccc(-c3ccccc3[N+](=O)[O-])o2)ccc1Br. The second-order valence-corrected chi connectivity index (χ2v) is 6.42. The highest BCUT2D eigenvalue weighted by atomic mass is 79.9. The van der Waals surface area contributed by atoms with Crippen LogP contribution in [0.2, 0.25) is 0 Å². The largest absolute Gasteiger partial charge is 0.456 e. The molecule has 0 atom stereocenters. The molecule has 3 rings (SSSR count). The molecule has 136 valence electrons. The predicted octanol–water partition coefficient (Wildman–Crippen LogP) is 4.97. The van der Waals surface area contributed by atoms with Crippen LogP contribution in [0, 0.1) is 17.0 Å². The van der Waals surface area contributed by atoms with Crippen LogP contribution >= 0.6 is 15.9 Å². The Morgan fingerprint density at radius 1 is 1.22 bits per heavy atom. The van der Waals surface area contributed by atoms with Crippen molar-refractivity contribution in [2.75, 3.05) is 5.32 Å². The van der Waals surface area contributed by atoms with Gasteiger partial charge in [-0.3, -0.25) is 14.9 Å². The predicted molar refractivity (Wildman–Crippen MR) is 105 cm³/mol. The normalized spacial score (nSPS) is 10.9. The number of pyridine rings is 1. The van der Waals surface area contributed by atoms with E-state index in [4.69, 9.17) is 4.42 Å². The van der Waals surface area contributed by atoms with Crippen molar-refractivity contribution in [2.45, 2.75) is 6.92 Å². The van der Waals surface area contributed by atoms with E-state index >= 15 is 0 Å². The van der Waals surface area contributed by atoms with E-state index in [1.807, 2.05) is 6.92 Å². The molecule has 1 amide bonds. The topological polar surface area (TPSA) is 98.3 Å². The molecule has 0 fully saturated rings. The van der Waals surface area contributed by atoms with Gasteiger partial charge in [0.2, 0.25) is 5.91 Å². The summed E-state index contributed by atoms with van der Waals surface area (Å²) in [6.07, 6.45) is 2.79. The monoisotopic (exact) mass is 427 g/mol. The maximum atomic E-state index is 12.0. The van der Waals surface area contributed by atoms with E-state index in [-0.39, 0.29) is 11.6 Å². The summed E-state index contributed by atoms with van der Waals surface area (Å²) in [7, 11) is 0. The van der Waals surface area contributed by atoms with Gasteiger partial charge in [-0.1, -0.05) is 12.1 Å². The first-order valence-corrected chi connectivity index (χ1v) is 8.69. The number of carbonyl (C=O) groups is 1. The smallest absolute Gasteiger partial charge is 0.280 e. The molecule has 0 saturated heterocycles. The Morgan fingerprint density at radius 3 is 2.74 bits per heavy atom. The number of halogens is 1. The second-order valence-electron chi connectivity index (χ2n) is 5.56. The minimum atomic E-state index is -0.464. The Labute approximate surface area is 163 Å². The number of hydrogen-bond donors (Lipinski definition) is 1. The summed E-state index contributed by atoms with van der Waals surface area (Å²) >= 11 is 3.35. The van der Waals surface area contributed by atoms with Crippen LogP contribution in [-0.4, -0.2) is 15.8 Å². The molecule has 0 radical (unpaired) electrons. The Bertz CT molecular complexity index is 1040. The van der Waals surface area contributed by atoms with E-state index in [0.29, 0.717) is 22.9 Å². The fourth-order valence-corrected chi connectivity index (χ4v) is 2.59. The highest BCUT2D eigenvalue weighted by molar-refractivity contribution is 9.10. The van der Waals surface area contributed by atoms with Crippen LogP contribution in [0.15, 0.2) is 63.5 Å². The zero-order valence-electron chi connectivity index (χ0n) is 14.2. The number of aromatic nitrogens is 1. The van der Waals surface area contributed by atoms with Crippen molar-refractivity contribution < 1.29 is 14.1 Å². The molecule has 1 aromatic carbocycles. The lowest BCUT2D eigenvalue weighted by molar-refractivity contribution is -0.384. The van der Waals surface area contributed by atoms with Crippen molar-refractivity contribution in [3.8, 4) is 11.3 Å². The number of nitrogens with zero attached hydrogens (tertiary/aromatic N) is 2. The number of para-hydroxylation sites is 1.